The quantitative estimate of drug-likeness (QED) is 0.256. The Labute approximate surface area is 47.0 Å². The summed E-state index contributed by atoms with van der Waals surface area (Å²) in [6.45, 7) is 0.679. The van der Waals surface area contributed by atoms with Crippen molar-refractivity contribution in [2.75, 3.05) is 6.61 Å². The summed E-state index contributed by atoms with van der Waals surface area (Å²) in [7, 11) is 0. The number of carbonyl (C=O) groups excluding carboxylic acids is 1. The van der Waals surface area contributed by atoms with E-state index < -0.39 is 0 Å². The molecule has 1 saturated heterocycles. The predicted octanol–water partition coefficient (Wildman–Crippen LogP) is -1.23. The Morgan fingerprint density at radius 2 is 2.50 bits per heavy atom. The van der Waals surface area contributed by atoms with Crippen molar-refractivity contribution in [3.63, 3.8) is 0 Å². The minimum absolute atomic E-state index is 0.226. The Balaban J connectivity index is 2.24. The van der Waals surface area contributed by atoms with E-state index in [0.29, 0.717) is 6.61 Å². The molecule has 0 spiro atoms. The highest BCUT2D eigenvalue weighted by Crippen LogP contribution is 2.09. The number of hydrazine groups is 1. The van der Waals surface area contributed by atoms with Crippen LogP contribution in [0.15, 0.2) is 0 Å². The average molecular weight is 116 g/mol. The van der Waals surface area contributed by atoms with E-state index in [9.17, 15) is 4.79 Å². The molecule has 1 aliphatic heterocycles. The molecule has 1 aliphatic rings. The van der Waals surface area contributed by atoms with Crippen LogP contribution in [0, 0.1) is 0 Å². The summed E-state index contributed by atoms with van der Waals surface area (Å²) in [5, 5.41) is 0. The Morgan fingerprint density at radius 1 is 1.88 bits per heavy atom. The van der Waals surface area contributed by atoms with Crippen LogP contribution in [0.2, 0.25) is 0 Å². The van der Waals surface area contributed by atoms with Crippen molar-refractivity contribution in [3.05, 3.63) is 0 Å². The lowest BCUT2D eigenvalue weighted by molar-refractivity contribution is -0.144. The zero-order chi connectivity index (χ0) is 5.98. The minimum Gasteiger partial charge on any atom is -0.368 e. The van der Waals surface area contributed by atoms with Gasteiger partial charge in [-0.2, -0.15) is 0 Å². The summed E-state index contributed by atoms with van der Waals surface area (Å²) in [5.74, 6) is 4.58. The van der Waals surface area contributed by atoms with Gasteiger partial charge in [0, 0.05) is 6.42 Å². The van der Waals surface area contributed by atoms with Crippen molar-refractivity contribution in [2.45, 2.75) is 12.5 Å². The van der Waals surface area contributed by atoms with Crippen LogP contribution >= 0.6 is 0 Å². The first-order valence-electron chi connectivity index (χ1n) is 2.46. The van der Waals surface area contributed by atoms with Crippen LogP contribution in [-0.4, -0.2) is 18.6 Å². The van der Waals surface area contributed by atoms with Crippen LogP contribution in [0.4, 0.5) is 0 Å². The molecule has 0 aromatic carbocycles. The number of carbonyl (C=O) groups is 1. The number of ether oxygens (including phenoxy) is 1. The lowest BCUT2D eigenvalue weighted by Gasteiger charge is -2.23. The molecule has 1 rings (SSSR count). The second-order valence-electron chi connectivity index (χ2n) is 1.66. The molecule has 4 heteroatoms. The molecule has 4 nitrogen and oxygen atoms in total. The summed E-state index contributed by atoms with van der Waals surface area (Å²) in [6.07, 6.45) is 0.517. The standard InChI is InChI=1S/C4H8N2O2/c5-6-4(7)3-1-2-8-3/h3H,1-2,5H2,(H,6,7)/t3-/m1/s1. The fraction of sp³-hybridized carbons (Fsp3) is 0.750. The van der Waals surface area contributed by atoms with Crippen molar-refractivity contribution >= 4 is 5.91 Å². The van der Waals surface area contributed by atoms with Crippen molar-refractivity contribution in [3.8, 4) is 0 Å². The molecule has 1 fully saturated rings. The van der Waals surface area contributed by atoms with E-state index in [1.807, 2.05) is 5.43 Å². The Kier molecular flexibility index (Phi) is 1.45. The maximum atomic E-state index is 10.4. The van der Waals surface area contributed by atoms with Gasteiger partial charge in [-0.25, -0.2) is 5.84 Å². The fourth-order valence-corrected chi connectivity index (χ4v) is 0.535. The average Bonchev–Trinajstić information content (AvgIpc) is 1.62. The van der Waals surface area contributed by atoms with Gasteiger partial charge in [0.15, 0.2) is 0 Å². The smallest absolute Gasteiger partial charge is 0.263 e. The van der Waals surface area contributed by atoms with Crippen LogP contribution in [0.1, 0.15) is 6.42 Å². The van der Waals surface area contributed by atoms with Crippen LogP contribution in [0.5, 0.6) is 0 Å². The van der Waals surface area contributed by atoms with Gasteiger partial charge in [-0.15, -0.1) is 0 Å². The third kappa shape index (κ3) is 0.801. The van der Waals surface area contributed by atoms with Gasteiger partial charge < -0.3 is 4.74 Å². The lowest BCUT2D eigenvalue weighted by Crippen LogP contribution is -2.45. The Bertz CT molecular complexity index is 100. The molecule has 0 bridgehead atoms. The number of nitrogens with two attached hydrogens (primary N) is 1. The van der Waals surface area contributed by atoms with E-state index in [2.05, 4.69) is 0 Å². The van der Waals surface area contributed by atoms with E-state index in [1.54, 1.807) is 0 Å². The lowest BCUT2D eigenvalue weighted by atomic mass is 10.2. The molecule has 1 heterocycles. The van der Waals surface area contributed by atoms with Crippen LogP contribution in [0.25, 0.3) is 0 Å². The van der Waals surface area contributed by atoms with Crippen molar-refractivity contribution in [2.24, 2.45) is 5.84 Å². The molecule has 1 amide bonds. The number of rotatable bonds is 1. The van der Waals surface area contributed by atoms with Gasteiger partial charge in [0.25, 0.3) is 5.91 Å². The highest BCUT2D eigenvalue weighted by Gasteiger charge is 2.24. The normalized spacial score (nSPS) is 26.4. The molecule has 3 N–H and O–H groups in total. The third-order valence-corrected chi connectivity index (χ3v) is 1.13. The zero-order valence-electron chi connectivity index (χ0n) is 4.39. The van der Waals surface area contributed by atoms with Crippen LogP contribution in [0.3, 0.4) is 0 Å². The monoisotopic (exact) mass is 116 g/mol. The molecular weight excluding hydrogens is 108 g/mol. The first-order chi connectivity index (χ1) is 3.84. The molecular formula is C4H8N2O2. The Morgan fingerprint density at radius 3 is 2.62 bits per heavy atom. The third-order valence-electron chi connectivity index (χ3n) is 1.13. The first-order valence-corrected chi connectivity index (χ1v) is 2.46. The van der Waals surface area contributed by atoms with E-state index in [0.717, 1.165) is 6.42 Å². The van der Waals surface area contributed by atoms with Gasteiger partial charge >= 0.3 is 0 Å². The molecule has 1 atom stereocenters. The highest BCUT2D eigenvalue weighted by atomic mass is 16.5. The highest BCUT2D eigenvalue weighted by molar-refractivity contribution is 5.80. The molecule has 8 heavy (non-hydrogen) atoms. The number of amides is 1. The summed E-state index contributed by atoms with van der Waals surface area (Å²) in [6, 6.07) is 0. The summed E-state index contributed by atoms with van der Waals surface area (Å²) >= 11 is 0. The number of nitrogens with one attached hydrogen (secondary N) is 1. The van der Waals surface area contributed by atoms with E-state index in [1.165, 1.54) is 0 Å². The van der Waals surface area contributed by atoms with Crippen LogP contribution in [-0.2, 0) is 9.53 Å². The zero-order valence-corrected chi connectivity index (χ0v) is 4.39. The molecule has 46 valence electrons. The van der Waals surface area contributed by atoms with Gasteiger partial charge in [0.2, 0.25) is 0 Å². The van der Waals surface area contributed by atoms with Crippen molar-refractivity contribution in [1.29, 1.82) is 0 Å². The molecule has 0 aliphatic carbocycles. The summed E-state index contributed by atoms with van der Waals surface area (Å²) in [5.41, 5.74) is 2.00. The predicted molar refractivity (Wildman–Crippen MR) is 26.7 cm³/mol. The summed E-state index contributed by atoms with van der Waals surface area (Å²) < 4.78 is 4.79. The number of hydrogen-bond donors (Lipinski definition) is 2. The maximum Gasteiger partial charge on any atom is 0.263 e. The SMILES string of the molecule is NNC(=O)[C@H]1CCO1. The topological polar surface area (TPSA) is 64.3 Å². The van der Waals surface area contributed by atoms with E-state index >= 15 is 0 Å². The molecule has 0 aromatic heterocycles. The van der Waals surface area contributed by atoms with E-state index in [-0.39, 0.29) is 12.0 Å². The van der Waals surface area contributed by atoms with E-state index in [4.69, 9.17) is 10.6 Å². The molecule has 0 saturated carbocycles. The maximum absolute atomic E-state index is 10.4. The minimum atomic E-state index is -0.278. The van der Waals surface area contributed by atoms with Crippen molar-refractivity contribution < 1.29 is 9.53 Å². The van der Waals surface area contributed by atoms with Gasteiger partial charge in [-0.3, -0.25) is 10.2 Å². The van der Waals surface area contributed by atoms with Gasteiger partial charge in [0.05, 0.1) is 6.61 Å². The van der Waals surface area contributed by atoms with Gasteiger partial charge in [-0.05, 0) is 0 Å². The fourth-order valence-electron chi connectivity index (χ4n) is 0.535. The van der Waals surface area contributed by atoms with Crippen LogP contribution < -0.4 is 11.3 Å². The molecule has 0 radical (unpaired) electrons. The Hall–Kier alpha value is -0.610. The van der Waals surface area contributed by atoms with Crippen molar-refractivity contribution in [1.82, 2.24) is 5.43 Å². The molecule has 0 unspecified atom stereocenters. The van der Waals surface area contributed by atoms with Gasteiger partial charge in [-0.1, -0.05) is 0 Å². The molecule has 0 aromatic rings. The second kappa shape index (κ2) is 2.11. The summed E-state index contributed by atoms with van der Waals surface area (Å²) in [4.78, 5) is 10.4. The number of hydrogen-bond acceptors (Lipinski definition) is 3. The second-order valence-corrected chi connectivity index (χ2v) is 1.66. The van der Waals surface area contributed by atoms with Gasteiger partial charge in [0.1, 0.15) is 6.10 Å². The largest absolute Gasteiger partial charge is 0.368 e. The first kappa shape index (κ1) is 5.53.